The molecule has 104 valence electrons. The summed E-state index contributed by atoms with van der Waals surface area (Å²) in [6.07, 6.45) is 3.19. The minimum absolute atomic E-state index is 0.0844. The molecule has 0 aliphatic carbocycles. The van der Waals surface area contributed by atoms with Crippen molar-refractivity contribution in [2.75, 3.05) is 7.11 Å². The van der Waals surface area contributed by atoms with E-state index in [9.17, 15) is 4.79 Å². The Morgan fingerprint density at radius 1 is 1.47 bits per heavy atom. The molecule has 2 unspecified atom stereocenters. The molecule has 0 bridgehead atoms. The van der Waals surface area contributed by atoms with Gasteiger partial charge < -0.3 is 9.64 Å². The fraction of sp³-hybridized carbons (Fsp3) is 0.533. The summed E-state index contributed by atoms with van der Waals surface area (Å²) < 4.78 is 6.25. The summed E-state index contributed by atoms with van der Waals surface area (Å²) in [6, 6.07) is 6.23. The lowest BCUT2D eigenvalue weighted by molar-refractivity contribution is 0.0673. The predicted molar refractivity (Wildman–Crippen MR) is 79.6 cm³/mol. The highest BCUT2D eigenvalue weighted by atomic mass is 79.9. The van der Waals surface area contributed by atoms with E-state index in [0.717, 1.165) is 23.7 Å². The van der Waals surface area contributed by atoms with Gasteiger partial charge in [-0.05, 0) is 44.4 Å². The second-order valence-corrected chi connectivity index (χ2v) is 5.96. The topological polar surface area (TPSA) is 29.5 Å². The maximum absolute atomic E-state index is 12.7. The van der Waals surface area contributed by atoms with Crippen molar-refractivity contribution in [3.63, 3.8) is 0 Å². The summed E-state index contributed by atoms with van der Waals surface area (Å²) in [5.41, 5.74) is 0.651. The van der Waals surface area contributed by atoms with Gasteiger partial charge in [-0.2, -0.15) is 0 Å². The Labute approximate surface area is 123 Å². The summed E-state index contributed by atoms with van der Waals surface area (Å²) in [7, 11) is 1.60. The summed E-state index contributed by atoms with van der Waals surface area (Å²) in [4.78, 5) is 14.8. The molecule has 0 radical (unpaired) electrons. The average molecular weight is 326 g/mol. The van der Waals surface area contributed by atoms with Crippen molar-refractivity contribution in [2.45, 2.75) is 45.2 Å². The molecular formula is C15H20BrNO2. The lowest BCUT2D eigenvalue weighted by atomic mass is 10.1. The number of carbonyl (C=O) groups excluding carboxylic acids is 1. The first-order valence-corrected chi connectivity index (χ1v) is 7.54. The second-order valence-electron chi connectivity index (χ2n) is 5.05. The lowest BCUT2D eigenvalue weighted by Gasteiger charge is -2.28. The van der Waals surface area contributed by atoms with Crippen LogP contribution in [-0.4, -0.2) is 30.0 Å². The number of hydrogen-bond acceptors (Lipinski definition) is 2. The number of ether oxygens (including phenoxy) is 1. The molecule has 1 aliphatic rings. The van der Waals surface area contributed by atoms with Gasteiger partial charge in [0, 0.05) is 16.6 Å². The van der Waals surface area contributed by atoms with Gasteiger partial charge in [-0.25, -0.2) is 0 Å². The van der Waals surface area contributed by atoms with Gasteiger partial charge in [0.25, 0.3) is 5.91 Å². The summed E-state index contributed by atoms with van der Waals surface area (Å²) >= 11 is 3.40. The zero-order valence-corrected chi connectivity index (χ0v) is 13.2. The highest BCUT2D eigenvalue weighted by molar-refractivity contribution is 9.10. The molecule has 1 heterocycles. The molecule has 4 heteroatoms. The molecule has 2 rings (SSSR count). The monoisotopic (exact) mass is 325 g/mol. The van der Waals surface area contributed by atoms with Crippen LogP contribution in [-0.2, 0) is 0 Å². The maximum atomic E-state index is 12.7. The highest BCUT2D eigenvalue weighted by Crippen LogP contribution is 2.31. The van der Waals surface area contributed by atoms with Crippen LogP contribution in [0, 0.1) is 0 Å². The van der Waals surface area contributed by atoms with E-state index in [1.807, 2.05) is 23.1 Å². The molecule has 1 aromatic rings. The van der Waals surface area contributed by atoms with Gasteiger partial charge in [0.1, 0.15) is 5.75 Å². The number of benzene rings is 1. The van der Waals surface area contributed by atoms with Crippen LogP contribution in [0.15, 0.2) is 22.7 Å². The van der Waals surface area contributed by atoms with E-state index in [1.54, 1.807) is 7.11 Å². The van der Waals surface area contributed by atoms with Crippen LogP contribution < -0.4 is 4.74 Å². The Morgan fingerprint density at radius 2 is 2.21 bits per heavy atom. The number of hydrogen-bond donors (Lipinski definition) is 0. The lowest BCUT2D eigenvalue weighted by Crippen LogP contribution is -2.39. The second kappa shape index (κ2) is 5.95. The van der Waals surface area contributed by atoms with Crippen LogP contribution in [0.5, 0.6) is 5.75 Å². The molecule has 19 heavy (non-hydrogen) atoms. The van der Waals surface area contributed by atoms with E-state index in [-0.39, 0.29) is 5.91 Å². The van der Waals surface area contributed by atoms with Crippen molar-refractivity contribution in [3.05, 3.63) is 28.2 Å². The van der Waals surface area contributed by atoms with Crippen molar-refractivity contribution < 1.29 is 9.53 Å². The predicted octanol–water partition coefficient (Wildman–Crippen LogP) is 3.86. The van der Waals surface area contributed by atoms with Crippen LogP contribution in [0.3, 0.4) is 0 Å². The van der Waals surface area contributed by atoms with Gasteiger partial charge in [-0.3, -0.25) is 4.79 Å². The van der Waals surface area contributed by atoms with E-state index < -0.39 is 0 Å². The zero-order valence-electron chi connectivity index (χ0n) is 11.6. The van der Waals surface area contributed by atoms with Crippen molar-refractivity contribution in [1.29, 1.82) is 0 Å². The summed E-state index contributed by atoms with van der Waals surface area (Å²) in [5, 5.41) is 0. The Balaban J connectivity index is 2.33. The third kappa shape index (κ3) is 2.78. The number of methoxy groups -OCH3 is 1. The van der Waals surface area contributed by atoms with Crippen LogP contribution in [0.25, 0.3) is 0 Å². The normalized spacial score (nSPS) is 22.6. The molecule has 0 saturated carbocycles. The first-order valence-electron chi connectivity index (χ1n) is 6.74. The van der Waals surface area contributed by atoms with Gasteiger partial charge in [0.2, 0.25) is 0 Å². The molecule has 0 N–H and O–H groups in total. The van der Waals surface area contributed by atoms with E-state index in [1.165, 1.54) is 0 Å². The minimum atomic E-state index is 0.0844. The first-order chi connectivity index (χ1) is 9.08. The average Bonchev–Trinajstić information content (AvgIpc) is 2.78. The maximum Gasteiger partial charge on any atom is 0.258 e. The molecule has 3 nitrogen and oxygen atoms in total. The Morgan fingerprint density at radius 3 is 2.84 bits per heavy atom. The number of amides is 1. The van der Waals surface area contributed by atoms with E-state index in [2.05, 4.69) is 29.8 Å². The Bertz CT molecular complexity index is 475. The molecule has 1 saturated heterocycles. The summed E-state index contributed by atoms with van der Waals surface area (Å²) in [5.74, 6) is 0.717. The van der Waals surface area contributed by atoms with Gasteiger partial charge >= 0.3 is 0 Å². The van der Waals surface area contributed by atoms with Gasteiger partial charge in [-0.1, -0.05) is 22.9 Å². The quantitative estimate of drug-likeness (QED) is 0.844. The molecular weight excluding hydrogens is 306 g/mol. The van der Waals surface area contributed by atoms with E-state index >= 15 is 0 Å². The number of likely N-dealkylation sites (tertiary alicyclic amines) is 1. The Kier molecular flexibility index (Phi) is 4.50. The third-order valence-electron chi connectivity index (χ3n) is 3.89. The van der Waals surface area contributed by atoms with Crippen molar-refractivity contribution in [2.24, 2.45) is 0 Å². The van der Waals surface area contributed by atoms with Crippen molar-refractivity contribution in [3.8, 4) is 5.75 Å². The Hall–Kier alpha value is -1.03. The molecule has 1 aromatic carbocycles. The smallest absolute Gasteiger partial charge is 0.258 e. The zero-order chi connectivity index (χ0) is 14.0. The van der Waals surface area contributed by atoms with Crippen molar-refractivity contribution >= 4 is 21.8 Å². The van der Waals surface area contributed by atoms with Crippen LogP contribution in [0.2, 0.25) is 0 Å². The standard InChI is InChI=1S/C15H20BrNO2/c1-4-12-7-5-10(2)17(12)15(18)13-8-6-11(16)9-14(13)19-3/h6,8-10,12H,4-5,7H2,1-3H3. The fourth-order valence-corrected chi connectivity index (χ4v) is 3.16. The number of nitrogens with zero attached hydrogens (tertiary/aromatic N) is 1. The number of halogens is 1. The molecule has 2 atom stereocenters. The van der Waals surface area contributed by atoms with Gasteiger partial charge in [-0.15, -0.1) is 0 Å². The SMILES string of the molecule is CCC1CCC(C)N1C(=O)c1ccc(Br)cc1OC. The molecule has 1 aliphatic heterocycles. The van der Waals surface area contributed by atoms with Gasteiger partial charge in [0.15, 0.2) is 0 Å². The van der Waals surface area contributed by atoms with E-state index in [4.69, 9.17) is 4.74 Å². The van der Waals surface area contributed by atoms with Gasteiger partial charge in [0.05, 0.1) is 12.7 Å². The molecule has 1 amide bonds. The minimum Gasteiger partial charge on any atom is -0.496 e. The molecule has 0 spiro atoms. The highest BCUT2D eigenvalue weighted by Gasteiger charge is 2.34. The first kappa shape index (κ1) is 14.4. The third-order valence-corrected chi connectivity index (χ3v) is 4.38. The van der Waals surface area contributed by atoms with Crippen LogP contribution in [0.1, 0.15) is 43.5 Å². The largest absolute Gasteiger partial charge is 0.496 e. The van der Waals surface area contributed by atoms with Crippen LogP contribution >= 0.6 is 15.9 Å². The van der Waals surface area contributed by atoms with Crippen molar-refractivity contribution in [1.82, 2.24) is 4.90 Å². The fourth-order valence-electron chi connectivity index (χ4n) is 2.82. The molecule has 0 aromatic heterocycles. The number of rotatable bonds is 3. The van der Waals surface area contributed by atoms with E-state index in [0.29, 0.717) is 23.4 Å². The summed E-state index contributed by atoms with van der Waals surface area (Å²) in [6.45, 7) is 4.26. The number of carbonyl (C=O) groups is 1. The molecule has 1 fully saturated rings. The van der Waals surface area contributed by atoms with Crippen LogP contribution in [0.4, 0.5) is 0 Å².